The van der Waals surface area contributed by atoms with Gasteiger partial charge in [0.1, 0.15) is 0 Å². The Morgan fingerprint density at radius 2 is 2.05 bits per heavy atom. The fourth-order valence-corrected chi connectivity index (χ4v) is 2.54. The average molecular weight is 291 g/mol. The first-order chi connectivity index (χ1) is 9.90. The molecule has 5 nitrogen and oxygen atoms in total. The third-order valence-electron chi connectivity index (χ3n) is 4.00. The van der Waals surface area contributed by atoms with Gasteiger partial charge in [0.05, 0.1) is 18.8 Å². The van der Waals surface area contributed by atoms with Crippen molar-refractivity contribution >= 4 is 11.6 Å². The maximum Gasteiger partial charge on any atom is 0.253 e. The number of nitrogens with two attached hydrogens (primary N) is 1. The van der Waals surface area contributed by atoms with Gasteiger partial charge in [-0.05, 0) is 32.9 Å². The minimum Gasteiger partial charge on any atom is -0.398 e. The molecule has 5 heteroatoms. The van der Waals surface area contributed by atoms with E-state index in [9.17, 15) is 4.79 Å². The van der Waals surface area contributed by atoms with Crippen molar-refractivity contribution < 1.29 is 9.53 Å². The predicted octanol–water partition coefficient (Wildman–Crippen LogP) is 1.42. The molecule has 1 aliphatic rings. The summed E-state index contributed by atoms with van der Waals surface area (Å²) in [6.45, 7) is 10.1. The van der Waals surface area contributed by atoms with E-state index in [1.807, 2.05) is 19.1 Å². The van der Waals surface area contributed by atoms with Gasteiger partial charge in [0, 0.05) is 30.9 Å². The lowest BCUT2D eigenvalue weighted by Crippen LogP contribution is -2.55. The third kappa shape index (κ3) is 3.95. The molecule has 0 atom stereocenters. The van der Waals surface area contributed by atoms with Crippen molar-refractivity contribution in [3.63, 3.8) is 0 Å². The SMILES string of the molecule is Cc1ccc(N)c(C(=O)NCC(C)(C)N2CCOCC2)c1. The number of carbonyl (C=O) groups is 1. The van der Waals surface area contributed by atoms with Crippen molar-refractivity contribution in [2.75, 3.05) is 38.6 Å². The molecule has 1 amide bonds. The van der Waals surface area contributed by atoms with Crippen molar-refractivity contribution in [2.24, 2.45) is 0 Å². The van der Waals surface area contributed by atoms with Crippen LogP contribution in [0.15, 0.2) is 18.2 Å². The van der Waals surface area contributed by atoms with E-state index in [1.165, 1.54) is 0 Å². The van der Waals surface area contributed by atoms with Gasteiger partial charge in [-0.1, -0.05) is 11.6 Å². The monoisotopic (exact) mass is 291 g/mol. The molecule has 1 saturated heterocycles. The van der Waals surface area contributed by atoms with Crippen LogP contribution in [0.2, 0.25) is 0 Å². The molecular formula is C16H25N3O2. The second kappa shape index (κ2) is 6.45. The highest BCUT2D eigenvalue weighted by Crippen LogP contribution is 2.17. The van der Waals surface area contributed by atoms with E-state index in [0.717, 1.165) is 31.9 Å². The number of amides is 1. The molecule has 3 N–H and O–H groups in total. The zero-order valence-corrected chi connectivity index (χ0v) is 13.1. The number of benzene rings is 1. The van der Waals surface area contributed by atoms with Gasteiger partial charge >= 0.3 is 0 Å². The molecule has 1 aromatic rings. The zero-order valence-electron chi connectivity index (χ0n) is 13.1. The number of hydrogen-bond acceptors (Lipinski definition) is 4. The van der Waals surface area contributed by atoms with E-state index in [0.29, 0.717) is 17.8 Å². The highest BCUT2D eigenvalue weighted by molar-refractivity contribution is 5.99. The summed E-state index contributed by atoms with van der Waals surface area (Å²) in [5, 5.41) is 3.00. The van der Waals surface area contributed by atoms with E-state index in [1.54, 1.807) is 6.07 Å². The molecule has 0 aromatic heterocycles. The normalized spacial score (nSPS) is 16.7. The largest absolute Gasteiger partial charge is 0.398 e. The number of carbonyl (C=O) groups excluding carboxylic acids is 1. The minimum absolute atomic E-state index is 0.0992. The Kier molecular flexibility index (Phi) is 4.85. The summed E-state index contributed by atoms with van der Waals surface area (Å²) in [4.78, 5) is 14.7. The molecule has 1 fully saturated rings. The Bertz CT molecular complexity index is 508. The lowest BCUT2D eigenvalue weighted by atomic mass is 10.0. The summed E-state index contributed by atoms with van der Waals surface area (Å²) in [6.07, 6.45) is 0. The Morgan fingerprint density at radius 3 is 2.71 bits per heavy atom. The lowest BCUT2D eigenvalue weighted by Gasteiger charge is -2.40. The fraction of sp³-hybridized carbons (Fsp3) is 0.562. The zero-order chi connectivity index (χ0) is 15.5. The molecule has 0 spiro atoms. The molecule has 116 valence electrons. The van der Waals surface area contributed by atoms with Crippen LogP contribution in [0.1, 0.15) is 29.8 Å². The van der Waals surface area contributed by atoms with Crippen LogP contribution in [-0.2, 0) is 4.74 Å². The average Bonchev–Trinajstić information content (AvgIpc) is 2.48. The first-order valence-electron chi connectivity index (χ1n) is 7.37. The summed E-state index contributed by atoms with van der Waals surface area (Å²) in [7, 11) is 0. The first kappa shape index (κ1) is 15.8. The number of aryl methyl sites for hydroxylation is 1. The molecule has 0 bridgehead atoms. The smallest absolute Gasteiger partial charge is 0.253 e. The molecule has 0 radical (unpaired) electrons. The van der Waals surface area contributed by atoms with Crippen LogP contribution in [0.4, 0.5) is 5.69 Å². The molecular weight excluding hydrogens is 266 g/mol. The summed E-state index contributed by atoms with van der Waals surface area (Å²) < 4.78 is 5.37. The number of nitrogens with zero attached hydrogens (tertiary/aromatic N) is 1. The van der Waals surface area contributed by atoms with Crippen LogP contribution in [0, 0.1) is 6.92 Å². The topological polar surface area (TPSA) is 67.6 Å². The van der Waals surface area contributed by atoms with Crippen molar-refractivity contribution in [3.05, 3.63) is 29.3 Å². The van der Waals surface area contributed by atoms with Gasteiger partial charge < -0.3 is 15.8 Å². The molecule has 1 heterocycles. The van der Waals surface area contributed by atoms with Crippen LogP contribution in [0.5, 0.6) is 0 Å². The number of anilines is 1. The molecule has 1 aliphatic heterocycles. The van der Waals surface area contributed by atoms with Crippen molar-refractivity contribution in [2.45, 2.75) is 26.3 Å². The number of hydrogen-bond donors (Lipinski definition) is 2. The molecule has 2 rings (SSSR count). The number of nitrogen functional groups attached to an aromatic ring is 1. The summed E-state index contributed by atoms with van der Waals surface area (Å²) in [5.74, 6) is -0.113. The molecule has 0 saturated carbocycles. The Hall–Kier alpha value is -1.59. The van der Waals surface area contributed by atoms with Crippen molar-refractivity contribution in [1.82, 2.24) is 10.2 Å². The second-order valence-corrected chi connectivity index (χ2v) is 6.19. The summed E-state index contributed by atoms with van der Waals surface area (Å²) in [6, 6.07) is 5.51. The van der Waals surface area contributed by atoms with Crippen LogP contribution in [0.3, 0.4) is 0 Å². The minimum atomic E-state index is -0.113. The van der Waals surface area contributed by atoms with Crippen LogP contribution < -0.4 is 11.1 Å². The second-order valence-electron chi connectivity index (χ2n) is 6.19. The van der Waals surface area contributed by atoms with Gasteiger partial charge in [0.2, 0.25) is 0 Å². The number of ether oxygens (including phenoxy) is 1. The molecule has 1 aromatic carbocycles. The van der Waals surface area contributed by atoms with Gasteiger partial charge in [-0.25, -0.2) is 0 Å². The Morgan fingerprint density at radius 1 is 1.38 bits per heavy atom. The Balaban J connectivity index is 1.98. The van der Waals surface area contributed by atoms with Crippen LogP contribution >= 0.6 is 0 Å². The summed E-state index contributed by atoms with van der Waals surface area (Å²) >= 11 is 0. The van der Waals surface area contributed by atoms with Gasteiger partial charge in [-0.2, -0.15) is 0 Å². The fourth-order valence-electron chi connectivity index (χ4n) is 2.54. The highest BCUT2D eigenvalue weighted by Gasteiger charge is 2.28. The van der Waals surface area contributed by atoms with Crippen LogP contribution in [0.25, 0.3) is 0 Å². The van der Waals surface area contributed by atoms with E-state index < -0.39 is 0 Å². The van der Waals surface area contributed by atoms with Gasteiger partial charge in [-0.3, -0.25) is 9.69 Å². The lowest BCUT2D eigenvalue weighted by molar-refractivity contribution is -0.00923. The van der Waals surface area contributed by atoms with Crippen molar-refractivity contribution in [3.8, 4) is 0 Å². The standard InChI is InChI=1S/C16H25N3O2/c1-12-4-5-14(17)13(10-12)15(20)18-11-16(2,3)19-6-8-21-9-7-19/h4-5,10H,6-9,11,17H2,1-3H3,(H,18,20). The highest BCUT2D eigenvalue weighted by atomic mass is 16.5. The maximum atomic E-state index is 12.3. The van der Waals surface area contributed by atoms with Gasteiger partial charge in [-0.15, -0.1) is 0 Å². The molecule has 21 heavy (non-hydrogen) atoms. The van der Waals surface area contributed by atoms with E-state index in [-0.39, 0.29) is 11.4 Å². The Labute approximate surface area is 126 Å². The molecule has 0 unspecified atom stereocenters. The van der Waals surface area contributed by atoms with E-state index in [4.69, 9.17) is 10.5 Å². The van der Waals surface area contributed by atoms with E-state index in [2.05, 4.69) is 24.1 Å². The quantitative estimate of drug-likeness (QED) is 0.823. The summed E-state index contributed by atoms with van der Waals surface area (Å²) in [5.41, 5.74) is 7.88. The van der Waals surface area contributed by atoms with E-state index >= 15 is 0 Å². The maximum absolute atomic E-state index is 12.3. The first-order valence-corrected chi connectivity index (χ1v) is 7.37. The van der Waals surface area contributed by atoms with Crippen molar-refractivity contribution in [1.29, 1.82) is 0 Å². The number of morpholine rings is 1. The van der Waals surface area contributed by atoms with Crippen LogP contribution in [-0.4, -0.2) is 49.2 Å². The number of nitrogens with one attached hydrogen (secondary N) is 1. The third-order valence-corrected chi connectivity index (χ3v) is 4.00. The van der Waals surface area contributed by atoms with Gasteiger partial charge in [0.15, 0.2) is 0 Å². The predicted molar refractivity (Wildman–Crippen MR) is 84.4 cm³/mol. The molecule has 0 aliphatic carbocycles. The van der Waals surface area contributed by atoms with Gasteiger partial charge in [0.25, 0.3) is 5.91 Å². The number of rotatable bonds is 4.